The van der Waals surface area contributed by atoms with Gasteiger partial charge in [0.15, 0.2) is 0 Å². The molecule has 0 aliphatic heterocycles. The van der Waals surface area contributed by atoms with Crippen LogP contribution in [0.2, 0.25) is 0 Å². The number of allylic oxidation sites excluding steroid dienone is 2. The molecule has 8 aromatic rings. The fourth-order valence-corrected chi connectivity index (χ4v) is 9.74. The van der Waals surface area contributed by atoms with E-state index in [1.807, 2.05) is 11.3 Å². The van der Waals surface area contributed by atoms with Crippen molar-refractivity contribution in [3.63, 3.8) is 0 Å². The van der Waals surface area contributed by atoms with Gasteiger partial charge in [-0.1, -0.05) is 122 Å². The van der Waals surface area contributed by atoms with Gasteiger partial charge in [-0.2, -0.15) is 0 Å². The zero-order chi connectivity index (χ0) is 31.2. The maximum absolute atomic E-state index is 4.35. The number of thiophene rings is 1. The number of rotatable bonds is 4. The lowest BCUT2D eigenvalue weighted by molar-refractivity contribution is 1.02. The van der Waals surface area contributed by atoms with Crippen LogP contribution < -0.4 is 0 Å². The minimum absolute atomic E-state index is 1.10. The average molecular weight is 618 g/mol. The Morgan fingerprint density at radius 1 is 0.681 bits per heavy atom. The number of hydrogen-bond acceptors (Lipinski definition) is 1. The second-order valence-electron chi connectivity index (χ2n) is 12.7. The fourth-order valence-electron chi connectivity index (χ4n) is 8.36. The zero-order valence-electron chi connectivity index (χ0n) is 26.2. The lowest BCUT2D eigenvalue weighted by Crippen LogP contribution is -1.97. The van der Waals surface area contributed by atoms with Crippen molar-refractivity contribution in [3.8, 4) is 39.1 Å². The maximum Gasteiger partial charge on any atom is 0.0634 e. The molecule has 0 saturated heterocycles. The molecule has 0 saturated carbocycles. The van der Waals surface area contributed by atoms with Crippen LogP contribution >= 0.6 is 11.3 Å². The van der Waals surface area contributed by atoms with Crippen LogP contribution in [0.25, 0.3) is 100.0 Å². The summed E-state index contributed by atoms with van der Waals surface area (Å²) in [5.41, 5.74) is 15.3. The highest BCUT2D eigenvalue weighted by molar-refractivity contribution is 7.20. The largest absolute Gasteiger partial charge is 0.309 e. The Morgan fingerprint density at radius 3 is 2.21 bits per heavy atom. The fraction of sp³-hybridized carbons (Fsp3) is 0.0667. The van der Waals surface area contributed by atoms with Crippen molar-refractivity contribution in [2.45, 2.75) is 19.8 Å². The lowest BCUT2D eigenvalue weighted by Gasteiger charge is -2.15. The molecule has 2 aliphatic rings. The molecule has 0 bridgehead atoms. The molecule has 1 nitrogen and oxygen atoms in total. The van der Waals surface area contributed by atoms with Crippen LogP contribution in [0.5, 0.6) is 0 Å². The third-order valence-corrected chi connectivity index (χ3v) is 11.6. The van der Waals surface area contributed by atoms with Crippen molar-refractivity contribution in [2.75, 3.05) is 0 Å². The highest BCUT2D eigenvalue weighted by atomic mass is 32.1. The predicted molar refractivity (Wildman–Crippen MR) is 206 cm³/mol. The van der Waals surface area contributed by atoms with Crippen LogP contribution in [0.4, 0.5) is 0 Å². The molecule has 2 aliphatic carbocycles. The average Bonchev–Trinajstić information content (AvgIpc) is 3.78. The Labute approximate surface area is 278 Å². The Hall–Kier alpha value is -5.44. The molecule has 10 rings (SSSR count). The molecule has 0 amide bonds. The van der Waals surface area contributed by atoms with E-state index in [2.05, 4.69) is 152 Å². The monoisotopic (exact) mass is 617 g/mol. The minimum Gasteiger partial charge on any atom is -0.309 e. The third kappa shape index (κ3) is 3.59. The van der Waals surface area contributed by atoms with E-state index in [-0.39, 0.29) is 0 Å². The predicted octanol–water partition coefficient (Wildman–Crippen LogP) is 13.1. The van der Waals surface area contributed by atoms with Gasteiger partial charge in [0.1, 0.15) is 0 Å². The van der Waals surface area contributed by atoms with Gasteiger partial charge in [0, 0.05) is 37.0 Å². The van der Waals surface area contributed by atoms with E-state index in [4.69, 9.17) is 0 Å². The molecule has 47 heavy (non-hydrogen) atoms. The van der Waals surface area contributed by atoms with Crippen molar-refractivity contribution < 1.29 is 0 Å². The number of hydrogen-bond donors (Lipinski definition) is 0. The quantitative estimate of drug-likeness (QED) is 0.185. The topological polar surface area (TPSA) is 4.93 Å². The molecular weight excluding hydrogens is 587 g/mol. The first-order chi connectivity index (χ1) is 23.3. The van der Waals surface area contributed by atoms with E-state index in [9.17, 15) is 0 Å². The number of nitrogens with zero attached hydrogens (tertiary/aromatic N) is 1. The van der Waals surface area contributed by atoms with Gasteiger partial charge < -0.3 is 4.57 Å². The van der Waals surface area contributed by atoms with E-state index < -0.39 is 0 Å². The van der Waals surface area contributed by atoms with Gasteiger partial charge in [-0.15, -0.1) is 11.3 Å². The van der Waals surface area contributed by atoms with Crippen LogP contribution in [0.15, 0.2) is 122 Å². The van der Waals surface area contributed by atoms with E-state index in [1.54, 1.807) is 0 Å². The second kappa shape index (κ2) is 10.0. The molecule has 0 N–H and O–H groups in total. The molecule has 2 heterocycles. The van der Waals surface area contributed by atoms with Crippen molar-refractivity contribution in [2.24, 2.45) is 0 Å². The van der Waals surface area contributed by atoms with Gasteiger partial charge in [0.2, 0.25) is 0 Å². The summed E-state index contributed by atoms with van der Waals surface area (Å²) in [4.78, 5) is 1.49. The SMILES string of the molecule is C=Cc1c(/C=C\C)c2c(c3ccccc3n2-c2ccc(-c3ccc4c5c(cccc35)-c3ccccc3-4)cc2)c2sc3c(c12)C=CCC3. The van der Waals surface area contributed by atoms with Crippen LogP contribution in [0.3, 0.4) is 0 Å². The smallest absolute Gasteiger partial charge is 0.0634 e. The summed E-state index contributed by atoms with van der Waals surface area (Å²) in [6.45, 7) is 6.47. The van der Waals surface area contributed by atoms with Crippen molar-refractivity contribution in [1.82, 2.24) is 4.57 Å². The van der Waals surface area contributed by atoms with Gasteiger partial charge >= 0.3 is 0 Å². The normalized spacial score (nSPS) is 13.4. The number of aromatic nitrogens is 1. The minimum atomic E-state index is 1.10. The highest BCUT2D eigenvalue weighted by Gasteiger charge is 2.26. The summed E-state index contributed by atoms with van der Waals surface area (Å²) >= 11 is 1.98. The van der Waals surface area contributed by atoms with Gasteiger partial charge in [-0.05, 0) is 93.2 Å². The molecule has 0 unspecified atom stereocenters. The molecule has 2 heteroatoms. The Balaban J connectivity index is 1.22. The van der Waals surface area contributed by atoms with Crippen LogP contribution in [-0.2, 0) is 6.42 Å². The Morgan fingerprint density at radius 2 is 1.40 bits per heavy atom. The van der Waals surface area contributed by atoms with Gasteiger partial charge in [0.05, 0.1) is 11.0 Å². The molecule has 0 atom stereocenters. The highest BCUT2D eigenvalue weighted by Crippen LogP contribution is 2.50. The molecule has 0 fully saturated rings. The standard InChI is InChI=1S/C45H31NS/c1-3-12-36-29(4-2)42-38-16-8-10-20-40(38)47-45(42)43-37-15-7-9-19-39(37)46(44(36)43)28-23-21-27(22-24-28)30-25-26-35-32-14-6-5-13-31(32)34-18-11-17-33(30)41(34)35/h3-9,11-19,21-26H,2,10,20H2,1H3/b12-3-. The third-order valence-electron chi connectivity index (χ3n) is 10.3. The van der Waals surface area contributed by atoms with E-state index in [0.29, 0.717) is 0 Å². The van der Waals surface area contributed by atoms with Gasteiger partial charge in [-0.25, -0.2) is 0 Å². The molecule has 0 radical (unpaired) electrons. The number of para-hydroxylation sites is 1. The number of aryl methyl sites for hydroxylation is 1. The first-order valence-corrected chi connectivity index (χ1v) is 17.3. The number of benzene rings is 6. The van der Waals surface area contributed by atoms with Crippen LogP contribution in [0, 0.1) is 0 Å². The summed E-state index contributed by atoms with van der Waals surface area (Å²) in [6.07, 6.45) is 13.4. The van der Waals surface area contributed by atoms with Crippen molar-refractivity contribution in [1.29, 1.82) is 0 Å². The van der Waals surface area contributed by atoms with Crippen LogP contribution in [-0.4, -0.2) is 4.57 Å². The summed E-state index contributed by atoms with van der Waals surface area (Å²) in [5, 5.41) is 6.67. The Bertz CT molecular complexity index is 2660. The second-order valence-corrected chi connectivity index (χ2v) is 13.8. The van der Waals surface area contributed by atoms with E-state index >= 15 is 0 Å². The van der Waals surface area contributed by atoms with Crippen molar-refractivity contribution >= 4 is 72.2 Å². The molecule has 0 spiro atoms. The summed E-state index contributed by atoms with van der Waals surface area (Å²) in [6, 6.07) is 38.3. The van der Waals surface area contributed by atoms with E-state index in [0.717, 1.165) is 12.8 Å². The van der Waals surface area contributed by atoms with Gasteiger partial charge in [-0.3, -0.25) is 0 Å². The van der Waals surface area contributed by atoms with Crippen LogP contribution in [0.1, 0.15) is 34.9 Å². The Kier molecular flexibility index (Phi) is 5.71. The van der Waals surface area contributed by atoms with Gasteiger partial charge in [0.25, 0.3) is 0 Å². The maximum atomic E-state index is 4.35. The van der Waals surface area contributed by atoms with E-state index in [1.165, 1.54) is 103 Å². The number of fused-ring (bicyclic) bond motifs is 10. The molecule has 2 aromatic heterocycles. The molecular formula is C45H31NS. The van der Waals surface area contributed by atoms with Crippen molar-refractivity contribution in [3.05, 3.63) is 143 Å². The zero-order valence-corrected chi connectivity index (χ0v) is 27.0. The first kappa shape index (κ1) is 26.7. The lowest BCUT2D eigenvalue weighted by atomic mass is 9.93. The first-order valence-electron chi connectivity index (χ1n) is 16.5. The summed E-state index contributed by atoms with van der Waals surface area (Å²) in [7, 11) is 0. The summed E-state index contributed by atoms with van der Waals surface area (Å²) < 4.78 is 3.86. The summed E-state index contributed by atoms with van der Waals surface area (Å²) in [5.74, 6) is 0. The molecule has 222 valence electrons. The molecule has 6 aromatic carbocycles.